The fourth-order valence-corrected chi connectivity index (χ4v) is 2.28. The highest BCUT2D eigenvalue weighted by atomic mass is 35.5. The zero-order valence-corrected chi connectivity index (χ0v) is 12.7. The number of amides is 1. The number of hydrogen-bond donors (Lipinski definition) is 1. The van der Waals surface area contributed by atoms with Crippen LogP contribution in [0.25, 0.3) is 0 Å². The summed E-state index contributed by atoms with van der Waals surface area (Å²) in [6.07, 6.45) is 0. The maximum absolute atomic E-state index is 12.6. The summed E-state index contributed by atoms with van der Waals surface area (Å²) in [7, 11) is 1.66. The summed E-state index contributed by atoms with van der Waals surface area (Å²) in [4.78, 5) is 14.0. The fourth-order valence-electron chi connectivity index (χ4n) is 1.94. The van der Waals surface area contributed by atoms with Gasteiger partial charge < -0.3 is 10.6 Å². The summed E-state index contributed by atoms with van der Waals surface area (Å²) < 4.78 is 0. The van der Waals surface area contributed by atoms with Gasteiger partial charge in [-0.2, -0.15) is 0 Å². The molecule has 2 rings (SSSR count). The van der Waals surface area contributed by atoms with Crippen molar-refractivity contribution >= 4 is 40.5 Å². The molecule has 5 heteroatoms. The minimum absolute atomic E-state index is 0.182. The number of carbonyl (C=O) groups is 1. The summed E-state index contributed by atoms with van der Waals surface area (Å²) in [6.45, 7) is 1.81. The van der Waals surface area contributed by atoms with Crippen LogP contribution in [0.15, 0.2) is 36.4 Å². The Balaban J connectivity index is 2.43. The molecule has 0 aliphatic rings. The molecule has 0 saturated heterocycles. The highest BCUT2D eigenvalue weighted by Gasteiger charge is 2.18. The van der Waals surface area contributed by atoms with Crippen LogP contribution in [0, 0.1) is 6.92 Å². The van der Waals surface area contributed by atoms with Gasteiger partial charge in [-0.05, 0) is 42.8 Å². The number of nitrogens with zero attached hydrogens (tertiary/aromatic N) is 1. The molecule has 0 saturated carbocycles. The Morgan fingerprint density at radius 2 is 1.90 bits per heavy atom. The van der Waals surface area contributed by atoms with Crippen LogP contribution in [0.2, 0.25) is 10.0 Å². The van der Waals surface area contributed by atoms with E-state index >= 15 is 0 Å². The van der Waals surface area contributed by atoms with Gasteiger partial charge in [-0.15, -0.1) is 0 Å². The molecule has 0 spiro atoms. The predicted molar refractivity (Wildman–Crippen MR) is 84.8 cm³/mol. The average Bonchev–Trinajstić information content (AvgIpc) is 2.43. The van der Waals surface area contributed by atoms with Crippen LogP contribution in [0.3, 0.4) is 0 Å². The van der Waals surface area contributed by atoms with Crippen molar-refractivity contribution in [2.75, 3.05) is 17.7 Å². The molecule has 3 nitrogen and oxygen atoms in total. The molecule has 20 heavy (non-hydrogen) atoms. The zero-order chi connectivity index (χ0) is 14.9. The van der Waals surface area contributed by atoms with Crippen LogP contribution in [-0.2, 0) is 0 Å². The maximum atomic E-state index is 12.6. The molecule has 2 aromatic rings. The molecular formula is C15H14Cl2N2O. The van der Waals surface area contributed by atoms with Gasteiger partial charge in [0.1, 0.15) is 0 Å². The molecule has 2 N–H and O–H groups in total. The number of halogens is 2. The van der Waals surface area contributed by atoms with Crippen molar-refractivity contribution < 1.29 is 4.79 Å². The van der Waals surface area contributed by atoms with E-state index in [4.69, 9.17) is 28.9 Å². The fraction of sp³-hybridized carbons (Fsp3) is 0.133. The summed E-state index contributed by atoms with van der Waals surface area (Å²) in [5.74, 6) is -0.182. The first-order valence-corrected chi connectivity index (χ1v) is 6.75. The summed E-state index contributed by atoms with van der Waals surface area (Å²) in [5, 5.41) is 1.08. The molecule has 0 unspecified atom stereocenters. The maximum Gasteiger partial charge on any atom is 0.258 e. The number of anilines is 2. The normalized spacial score (nSPS) is 10.4. The molecule has 0 heterocycles. The number of nitrogens with two attached hydrogens (primary N) is 1. The Kier molecular flexibility index (Phi) is 4.21. The highest BCUT2D eigenvalue weighted by Crippen LogP contribution is 2.28. The Bertz CT molecular complexity index is 671. The van der Waals surface area contributed by atoms with Crippen molar-refractivity contribution in [3.8, 4) is 0 Å². The molecule has 0 fully saturated rings. The van der Waals surface area contributed by atoms with Crippen LogP contribution in [0.1, 0.15) is 15.9 Å². The minimum atomic E-state index is -0.182. The van der Waals surface area contributed by atoms with Crippen LogP contribution in [0.5, 0.6) is 0 Å². The van der Waals surface area contributed by atoms with Crippen LogP contribution < -0.4 is 10.6 Å². The lowest BCUT2D eigenvalue weighted by atomic mass is 10.1. The lowest BCUT2D eigenvalue weighted by Crippen LogP contribution is -2.27. The largest absolute Gasteiger partial charge is 0.397 e. The molecule has 0 aromatic heterocycles. The molecule has 0 aliphatic carbocycles. The van der Waals surface area contributed by atoms with Gasteiger partial charge in [0.05, 0.1) is 11.4 Å². The van der Waals surface area contributed by atoms with E-state index in [1.807, 2.05) is 6.92 Å². The molecule has 0 radical (unpaired) electrons. The van der Waals surface area contributed by atoms with E-state index in [0.29, 0.717) is 27.0 Å². The van der Waals surface area contributed by atoms with E-state index in [1.165, 1.54) is 4.90 Å². The summed E-state index contributed by atoms with van der Waals surface area (Å²) in [6, 6.07) is 10.3. The predicted octanol–water partition coefficient (Wildman–Crippen LogP) is 4.16. The quantitative estimate of drug-likeness (QED) is 0.847. The van der Waals surface area contributed by atoms with Crippen molar-refractivity contribution in [1.29, 1.82) is 0 Å². The van der Waals surface area contributed by atoms with Crippen molar-refractivity contribution in [2.45, 2.75) is 6.92 Å². The summed E-state index contributed by atoms with van der Waals surface area (Å²) in [5.41, 5.74) is 8.24. The smallest absolute Gasteiger partial charge is 0.258 e. The van der Waals surface area contributed by atoms with E-state index in [-0.39, 0.29) is 5.91 Å². The second-order valence-electron chi connectivity index (χ2n) is 4.48. The average molecular weight is 309 g/mol. The highest BCUT2D eigenvalue weighted by molar-refractivity contribution is 6.32. The van der Waals surface area contributed by atoms with Gasteiger partial charge in [-0.25, -0.2) is 0 Å². The Morgan fingerprint density at radius 1 is 1.20 bits per heavy atom. The van der Waals surface area contributed by atoms with Gasteiger partial charge >= 0.3 is 0 Å². The molecule has 0 atom stereocenters. The van der Waals surface area contributed by atoms with Crippen LogP contribution in [0.4, 0.5) is 11.4 Å². The summed E-state index contributed by atoms with van der Waals surface area (Å²) >= 11 is 12.0. The number of rotatable bonds is 2. The molecule has 104 valence electrons. The van der Waals surface area contributed by atoms with E-state index in [0.717, 1.165) is 5.56 Å². The standard InChI is InChI=1S/C15H14Cl2N2O/c1-9-11(4-3-5-12(9)17)15(20)19(2)14-8-10(16)6-7-13(14)18/h3-8H,18H2,1-2H3. The van der Waals surface area contributed by atoms with Gasteiger partial charge in [-0.1, -0.05) is 29.3 Å². The van der Waals surface area contributed by atoms with E-state index < -0.39 is 0 Å². The lowest BCUT2D eigenvalue weighted by molar-refractivity contribution is 0.0992. The van der Waals surface area contributed by atoms with Gasteiger partial charge in [-0.3, -0.25) is 4.79 Å². The Labute approximate surface area is 127 Å². The molecule has 0 aliphatic heterocycles. The topological polar surface area (TPSA) is 46.3 Å². The van der Waals surface area contributed by atoms with Crippen LogP contribution in [-0.4, -0.2) is 13.0 Å². The van der Waals surface area contributed by atoms with Crippen molar-refractivity contribution in [1.82, 2.24) is 0 Å². The number of carbonyl (C=O) groups excluding carboxylic acids is 1. The molecule has 0 bridgehead atoms. The Morgan fingerprint density at radius 3 is 2.60 bits per heavy atom. The number of nitrogen functional groups attached to an aromatic ring is 1. The Hall–Kier alpha value is -1.71. The van der Waals surface area contributed by atoms with E-state index in [9.17, 15) is 4.79 Å². The first-order valence-electron chi connectivity index (χ1n) is 6.00. The van der Waals surface area contributed by atoms with E-state index in [2.05, 4.69) is 0 Å². The van der Waals surface area contributed by atoms with Gasteiger partial charge in [0.2, 0.25) is 0 Å². The third kappa shape index (κ3) is 2.74. The third-order valence-electron chi connectivity index (χ3n) is 3.16. The zero-order valence-electron chi connectivity index (χ0n) is 11.2. The third-order valence-corrected chi connectivity index (χ3v) is 3.80. The first-order chi connectivity index (χ1) is 9.41. The molecule has 1 amide bonds. The second-order valence-corrected chi connectivity index (χ2v) is 5.32. The van der Waals surface area contributed by atoms with Crippen molar-refractivity contribution in [2.24, 2.45) is 0 Å². The lowest BCUT2D eigenvalue weighted by Gasteiger charge is -2.20. The number of benzene rings is 2. The SMILES string of the molecule is Cc1c(Cl)cccc1C(=O)N(C)c1cc(Cl)ccc1N. The van der Waals surface area contributed by atoms with Crippen molar-refractivity contribution in [3.05, 3.63) is 57.6 Å². The molecule has 2 aromatic carbocycles. The van der Waals surface area contributed by atoms with Crippen molar-refractivity contribution in [3.63, 3.8) is 0 Å². The van der Waals surface area contributed by atoms with Gasteiger partial charge in [0.25, 0.3) is 5.91 Å². The van der Waals surface area contributed by atoms with Gasteiger partial charge in [0, 0.05) is 22.7 Å². The monoisotopic (exact) mass is 308 g/mol. The first kappa shape index (κ1) is 14.7. The second kappa shape index (κ2) is 5.73. The minimum Gasteiger partial charge on any atom is -0.397 e. The van der Waals surface area contributed by atoms with Gasteiger partial charge in [0.15, 0.2) is 0 Å². The van der Waals surface area contributed by atoms with Crippen LogP contribution >= 0.6 is 23.2 Å². The molecular weight excluding hydrogens is 295 g/mol. The number of hydrogen-bond acceptors (Lipinski definition) is 2. The van der Waals surface area contributed by atoms with E-state index in [1.54, 1.807) is 43.4 Å².